The minimum Gasteiger partial charge on any atom is -1.00 e. The molecule has 0 heterocycles. The molecule has 4 aromatic rings. The molecule has 0 bridgehead atoms. The first kappa shape index (κ1) is 22.8. The van der Waals surface area contributed by atoms with Gasteiger partial charge >= 0.3 is 0 Å². The van der Waals surface area contributed by atoms with Crippen LogP contribution in [0.1, 0.15) is 12.0 Å². The summed E-state index contributed by atoms with van der Waals surface area (Å²) in [6, 6.07) is 41.4. The molecule has 0 saturated carbocycles. The molecule has 3 heteroatoms. The van der Waals surface area contributed by atoms with Crippen molar-refractivity contribution in [3.05, 3.63) is 126 Å². The normalized spacial score (nSPS) is 11.0. The molecule has 0 aliphatic carbocycles. The number of halogens is 2. The van der Waals surface area contributed by atoms with Crippen LogP contribution in [0.3, 0.4) is 0 Å². The first-order valence-electron chi connectivity index (χ1n) is 10.1. The van der Waals surface area contributed by atoms with Gasteiger partial charge in [0.1, 0.15) is 23.2 Å². The third-order valence-corrected chi connectivity index (χ3v) is 10.4. The van der Waals surface area contributed by atoms with Gasteiger partial charge in [0.25, 0.3) is 0 Å². The highest BCUT2D eigenvalue weighted by Crippen LogP contribution is 2.55. The van der Waals surface area contributed by atoms with Gasteiger partial charge in [-0.1, -0.05) is 84.4 Å². The molecule has 0 fully saturated rings. The van der Waals surface area contributed by atoms with Crippen molar-refractivity contribution >= 4 is 34.8 Å². The lowest BCUT2D eigenvalue weighted by Crippen LogP contribution is -3.00. The van der Waals surface area contributed by atoms with Gasteiger partial charge in [-0.15, -0.1) is 0 Å². The summed E-state index contributed by atoms with van der Waals surface area (Å²) in [6.45, 7) is 0. The van der Waals surface area contributed by atoms with Crippen molar-refractivity contribution in [3.63, 3.8) is 0 Å². The Kier molecular flexibility index (Phi) is 8.28. The largest absolute Gasteiger partial charge is 1.00 e. The summed E-state index contributed by atoms with van der Waals surface area (Å²) in [4.78, 5) is 0. The molecule has 4 aromatic carbocycles. The van der Waals surface area contributed by atoms with Crippen LogP contribution in [-0.2, 0) is 6.42 Å². The molecular weight excluding hydrogens is 471 g/mol. The summed E-state index contributed by atoms with van der Waals surface area (Å²) in [5.74, 6) is 0. The fourth-order valence-electron chi connectivity index (χ4n) is 4.09. The van der Waals surface area contributed by atoms with Crippen LogP contribution in [0.5, 0.6) is 0 Å². The molecule has 0 saturated heterocycles. The second kappa shape index (κ2) is 10.9. The Balaban J connectivity index is 0.00000256. The summed E-state index contributed by atoms with van der Waals surface area (Å²) in [5, 5.41) is 5.19. The van der Waals surface area contributed by atoms with Crippen molar-refractivity contribution in [3.8, 4) is 0 Å². The smallest absolute Gasteiger partial charge is 0.112 e. The van der Waals surface area contributed by atoms with E-state index in [2.05, 4.69) is 103 Å². The Hall–Kier alpha value is -1.92. The van der Waals surface area contributed by atoms with Crippen LogP contribution in [0.15, 0.2) is 115 Å². The molecule has 0 unspecified atom stereocenters. The van der Waals surface area contributed by atoms with Gasteiger partial charge < -0.3 is 17.0 Å². The van der Waals surface area contributed by atoms with E-state index in [-0.39, 0.29) is 17.0 Å². The van der Waals surface area contributed by atoms with Gasteiger partial charge in [-0.3, -0.25) is 0 Å². The van der Waals surface area contributed by atoms with Crippen LogP contribution in [0.25, 0.3) is 0 Å². The van der Waals surface area contributed by atoms with Gasteiger partial charge in [0.05, 0.1) is 6.16 Å². The lowest BCUT2D eigenvalue weighted by Gasteiger charge is -2.27. The van der Waals surface area contributed by atoms with Gasteiger partial charge in [0.15, 0.2) is 0 Å². The molecule has 4 rings (SSSR count). The third-order valence-electron chi connectivity index (χ3n) is 5.49. The Morgan fingerprint density at radius 2 is 0.933 bits per heavy atom. The van der Waals surface area contributed by atoms with Crippen LogP contribution in [0, 0.1) is 0 Å². The SMILES string of the molecule is Clc1ccccc1CCC[P+](c1ccccc1)(c1ccccc1)c1ccccc1.[Br-]. The Morgan fingerprint density at radius 3 is 1.37 bits per heavy atom. The highest BCUT2D eigenvalue weighted by atomic mass is 79.9. The molecule has 0 amide bonds. The molecule has 0 N–H and O–H groups in total. The molecule has 0 atom stereocenters. The van der Waals surface area contributed by atoms with Crippen molar-refractivity contribution in [2.75, 3.05) is 6.16 Å². The zero-order valence-electron chi connectivity index (χ0n) is 16.8. The van der Waals surface area contributed by atoms with Crippen molar-refractivity contribution in [2.24, 2.45) is 0 Å². The summed E-state index contributed by atoms with van der Waals surface area (Å²) in [7, 11) is -1.75. The number of rotatable bonds is 7. The summed E-state index contributed by atoms with van der Waals surface area (Å²) in [5.41, 5.74) is 1.24. The van der Waals surface area contributed by atoms with Crippen molar-refractivity contribution in [1.82, 2.24) is 0 Å². The molecule has 0 aliphatic heterocycles. The minimum absolute atomic E-state index is 0. The predicted octanol–water partition coefficient (Wildman–Crippen LogP) is 3.27. The first-order valence-corrected chi connectivity index (χ1v) is 12.4. The van der Waals surface area contributed by atoms with Crippen LogP contribution in [-0.4, -0.2) is 6.16 Å². The zero-order valence-corrected chi connectivity index (χ0v) is 20.0. The Bertz CT molecular complexity index is 939. The molecule has 152 valence electrons. The number of hydrogen-bond acceptors (Lipinski definition) is 0. The Labute approximate surface area is 196 Å². The van der Waals surface area contributed by atoms with E-state index in [9.17, 15) is 0 Å². The summed E-state index contributed by atoms with van der Waals surface area (Å²) in [6.07, 6.45) is 3.21. The highest BCUT2D eigenvalue weighted by Gasteiger charge is 2.44. The standard InChI is InChI=1S/C27H25ClP.BrH/c28-27-21-11-10-13-23(27)14-12-22-29(24-15-4-1-5-16-24,25-17-6-2-7-18-25)26-19-8-3-9-20-26;/h1-11,13,15-21H,12,14,22H2;1H/q+1;/p-1. The van der Waals surface area contributed by atoms with Gasteiger partial charge in [-0.2, -0.15) is 0 Å². The Morgan fingerprint density at radius 1 is 0.533 bits per heavy atom. The van der Waals surface area contributed by atoms with Crippen molar-refractivity contribution < 1.29 is 17.0 Å². The second-order valence-electron chi connectivity index (χ2n) is 7.23. The number of aryl methyl sites for hydroxylation is 1. The van der Waals surface area contributed by atoms with Crippen LogP contribution in [0.2, 0.25) is 5.02 Å². The number of benzene rings is 4. The van der Waals surface area contributed by atoms with E-state index in [4.69, 9.17) is 11.6 Å². The van der Waals surface area contributed by atoms with E-state index in [0.717, 1.165) is 24.0 Å². The monoisotopic (exact) mass is 494 g/mol. The van der Waals surface area contributed by atoms with Crippen LogP contribution >= 0.6 is 18.9 Å². The maximum absolute atomic E-state index is 6.43. The fraction of sp³-hybridized carbons (Fsp3) is 0.111. The zero-order chi connectivity index (χ0) is 19.9. The quantitative estimate of drug-likeness (QED) is 0.345. The van der Waals surface area contributed by atoms with E-state index in [1.807, 2.05) is 12.1 Å². The fourth-order valence-corrected chi connectivity index (χ4v) is 8.66. The molecular formula is C27H25BrClP. The molecule has 0 radical (unpaired) electrons. The lowest BCUT2D eigenvalue weighted by atomic mass is 10.1. The van der Waals surface area contributed by atoms with Crippen LogP contribution in [0.4, 0.5) is 0 Å². The van der Waals surface area contributed by atoms with E-state index < -0.39 is 7.26 Å². The van der Waals surface area contributed by atoms with E-state index in [1.165, 1.54) is 21.5 Å². The maximum atomic E-state index is 6.43. The molecule has 0 aliphatic rings. The molecule has 30 heavy (non-hydrogen) atoms. The topological polar surface area (TPSA) is 0 Å². The van der Waals surface area contributed by atoms with E-state index in [1.54, 1.807) is 0 Å². The van der Waals surface area contributed by atoms with Crippen LogP contribution < -0.4 is 32.9 Å². The predicted molar refractivity (Wildman–Crippen MR) is 130 cm³/mol. The van der Waals surface area contributed by atoms with Gasteiger partial charge in [-0.25, -0.2) is 0 Å². The number of hydrogen-bond donors (Lipinski definition) is 0. The molecule has 0 nitrogen and oxygen atoms in total. The van der Waals surface area contributed by atoms with Crippen molar-refractivity contribution in [2.45, 2.75) is 12.8 Å². The molecule has 0 aromatic heterocycles. The van der Waals surface area contributed by atoms with E-state index >= 15 is 0 Å². The van der Waals surface area contributed by atoms with E-state index in [0.29, 0.717) is 0 Å². The minimum atomic E-state index is -1.75. The summed E-state index contributed by atoms with van der Waals surface area (Å²) >= 11 is 6.43. The maximum Gasteiger partial charge on any atom is 0.112 e. The molecule has 0 spiro atoms. The highest BCUT2D eigenvalue weighted by molar-refractivity contribution is 7.95. The van der Waals surface area contributed by atoms with Gasteiger partial charge in [-0.05, 0) is 60.9 Å². The average Bonchev–Trinajstić information content (AvgIpc) is 2.80. The third kappa shape index (κ3) is 4.86. The van der Waals surface area contributed by atoms with Gasteiger partial charge in [0, 0.05) is 5.02 Å². The summed E-state index contributed by atoms with van der Waals surface area (Å²) < 4.78 is 0. The lowest BCUT2D eigenvalue weighted by molar-refractivity contribution is -0.00000553. The van der Waals surface area contributed by atoms with Gasteiger partial charge in [0.2, 0.25) is 0 Å². The first-order chi connectivity index (χ1) is 14.3. The average molecular weight is 496 g/mol. The second-order valence-corrected chi connectivity index (χ2v) is 11.3. The van der Waals surface area contributed by atoms with Crippen molar-refractivity contribution in [1.29, 1.82) is 0 Å².